The average molecular weight is 448 g/mol. The van der Waals surface area contributed by atoms with Crippen LogP contribution in [0, 0.1) is 0 Å². The maximum atomic E-state index is 6.04. The summed E-state index contributed by atoms with van der Waals surface area (Å²) in [6.45, 7) is 0. The van der Waals surface area contributed by atoms with E-state index in [-0.39, 0.29) is 0 Å². The van der Waals surface area contributed by atoms with Gasteiger partial charge in [-0.1, -0.05) is 103 Å². The number of hydrogen-bond donors (Lipinski definition) is 0. The molecule has 0 aliphatic rings. The molecule has 0 spiro atoms. The van der Waals surface area contributed by atoms with Crippen molar-refractivity contribution in [3.63, 3.8) is 0 Å². The molecule has 5 heteroatoms. The fourth-order valence-electron chi connectivity index (χ4n) is 4.86. The summed E-state index contributed by atoms with van der Waals surface area (Å²) >= 11 is 0. The van der Waals surface area contributed by atoms with Crippen molar-refractivity contribution in [3.05, 3.63) is 144 Å². The molecule has 3 aromatic heterocycles. The number of aromatic nitrogens is 4. The maximum absolute atomic E-state index is 6.04. The number of pyridine rings is 2. The van der Waals surface area contributed by atoms with Crippen LogP contribution in [0.4, 0.5) is 0 Å². The van der Waals surface area contributed by atoms with Crippen molar-refractivity contribution in [2.24, 2.45) is 0 Å². The molecule has 0 saturated carbocycles. The average Bonchev–Trinajstić information content (AvgIpc) is 3.31. The maximum Gasteiger partial charge on any atom is 0.160 e. The van der Waals surface area contributed by atoms with Crippen LogP contribution < -0.4 is 5.59 Å². The molecule has 164 valence electrons. The van der Waals surface area contributed by atoms with E-state index in [9.17, 15) is 0 Å². The molecule has 0 fully saturated rings. The van der Waals surface area contributed by atoms with Crippen LogP contribution in [0.2, 0.25) is 0 Å². The first-order valence-corrected chi connectivity index (χ1v) is 11.5. The van der Waals surface area contributed by atoms with Crippen molar-refractivity contribution in [3.8, 4) is 11.4 Å². The molecule has 3 aromatic carbocycles. The van der Waals surface area contributed by atoms with Gasteiger partial charge in [-0.05, 0) is 40.5 Å². The molecule has 0 amide bonds. The van der Waals surface area contributed by atoms with Crippen molar-refractivity contribution in [1.82, 2.24) is 19.7 Å². The third-order valence-electron chi connectivity index (χ3n) is 6.35. The lowest BCUT2D eigenvalue weighted by atomic mass is 9.77. The van der Waals surface area contributed by atoms with Crippen molar-refractivity contribution in [1.29, 1.82) is 0 Å². The predicted molar refractivity (Wildman–Crippen MR) is 141 cm³/mol. The van der Waals surface area contributed by atoms with Gasteiger partial charge in [0.05, 0.1) is 5.69 Å². The first-order chi connectivity index (χ1) is 17.3. The molecular weight excluding hydrogens is 427 g/mol. The Morgan fingerprint density at radius 3 is 1.71 bits per heavy atom. The number of hydrogen-bond acceptors (Lipinski definition) is 3. The largest absolute Gasteiger partial charge is 0.263 e. The van der Waals surface area contributed by atoms with Crippen LogP contribution in [-0.4, -0.2) is 27.6 Å². The Bertz CT molecular complexity index is 1500. The highest BCUT2D eigenvalue weighted by atomic mass is 15.4. The molecule has 0 bridgehead atoms. The standard InChI is InChI=1S/C30H21BN4/c31-27-20-10-19-26(33-27)28-25-18-11-21-32-29(25)35(34-28)30(22-12-4-1-5-13-22,23-14-6-2-7-15-23)24-16-8-3-9-17-24/h1-21H. The minimum atomic E-state index is -0.769. The summed E-state index contributed by atoms with van der Waals surface area (Å²) in [7, 11) is 6.04. The Hall–Kier alpha value is -4.51. The molecule has 0 atom stereocenters. The normalized spacial score (nSPS) is 11.5. The molecule has 0 saturated heterocycles. The van der Waals surface area contributed by atoms with Gasteiger partial charge >= 0.3 is 0 Å². The van der Waals surface area contributed by atoms with Crippen molar-refractivity contribution >= 4 is 24.5 Å². The number of benzene rings is 3. The third-order valence-corrected chi connectivity index (χ3v) is 6.35. The fourth-order valence-corrected chi connectivity index (χ4v) is 4.86. The molecule has 3 heterocycles. The fraction of sp³-hybridized carbons (Fsp3) is 0.0333. The quantitative estimate of drug-likeness (QED) is 0.271. The smallest absolute Gasteiger partial charge is 0.160 e. The molecule has 2 radical (unpaired) electrons. The van der Waals surface area contributed by atoms with Crippen LogP contribution in [0.15, 0.2) is 128 Å². The van der Waals surface area contributed by atoms with Crippen molar-refractivity contribution in [2.75, 3.05) is 0 Å². The van der Waals surface area contributed by atoms with Gasteiger partial charge in [-0.15, -0.1) is 0 Å². The van der Waals surface area contributed by atoms with E-state index in [1.807, 2.05) is 53.3 Å². The first kappa shape index (κ1) is 21.1. The summed E-state index contributed by atoms with van der Waals surface area (Å²) in [4.78, 5) is 9.41. The van der Waals surface area contributed by atoms with Crippen LogP contribution in [0.25, 0.3) is 22.4 Å². The monoisotopic (exact) mass is 448 g/mol. The van der Waals surface area contributed by atoms with Gasteiger partial charge in [0.25, 0.3) is 0 Å². The van der Waals surface area contributed by atoms with E-state index >= 15 is 0 Å². The highest BCUT2D eigenvalue weighted by molar-refractivity contribution is 6.30. The zero-order valence-electron chi connectivity index (χ0n) is 19.0. The van der Waals surface area contributed by atoms with Gasteiger partial charge in [0.1, 0.15) is 19.1 Å². The van der Waals surface area contributed by atoms with E-state index in [1.165, 1.54) is 0 Å². The highest BCUT2D eigenvalue weighted by Crippen LogP contribution is 2.43. The summed E-state index contributed by atoms with van der Waals surface area (Å²) in [5, 5.41) is 6.15. The Labute approximate surface area is 205 Å². The lowest BCUT2D eigenvalue weighted by molar-refractivity contribution is 0.473. The zero-order valence-corrected chi connectivity index (χ0v) is 19.0. The number of rotatable bonds is 5. The van der Waals surface area contributed by atoms with E-state index in [0.29, 0.717) is 11.3 Å². The summed E-state index contributed by atoms with van der Waals surface area (Å²) in [6.07, 6.45) is 1.81. The predicted octanol–water partition coefficient (Wildman–Crippen LogP) is 5.13. The zero-order chi connectivity index (χ0) is 23.7. The molecule has 4 nitrogen and oxygen atoms in total. The molecule has 35 heavy (non-hydrogen) atoms. The molecular formula is C30H21BN4. The van der Waals surface area contributed by atoms with E-state index in [0.717, 1.165) is 33.4 Å². The van der Waals surface area contributed by atoms with Gasteiger partial charge in [0, 0.05) is 11.6 Å². The van der Waals surface area contributed by atoms with Crippen LogP contribution in [0.5, 0.6) is 0 Å². The third kappa shape index (κ3) is 3.44. The van der Waals surface area contributed by atoms with E-state index in [2.05, 4.69) is 77.8 Å². The first-order valence-electron chi connectivity index (χ1n) is 11.5. The van der Waals surface area contributed by atoms with Gasteiger partial charge in [0.15, 0.2) is 5.65 Å². The molecule has 0 unspecified atom stereocenters. The summed E-state index contributed by atoms with van der Waals surface area (Å²) in [6, 6.07) is 41.0. The number of nitrogens with zero attached hydrogens (tertiary/aromatic N) is 4. The van der Waals surface area contributed by atoms with Crippen LogP contribution in [0.1, 0.15) is 16.7 Å². The second kappa shape index (κ2) is 8.69. The summed E-state index contributed by atoms with van der Waals surface area (Å²) < 4.78 is 2.04. The molecule has 0 aliphatic heterocycles. The van der Waals surface area contributed by atoms with Crippen LogP contribution >= 0.6 is 0 Å². The molecule has 6 aromatic rings. The Morgan fingerprint density at radius 1 is 0.600 bits per heavy atom. The Kier molecular flexibility index (Phi) is 5.23. The van der Waals surface area contributed by atoms with E-state index < -0.39 is 5.54 Å². The lowest BCUT2D eigenvalue weighted by Crippen LogP contribution is -2.38. The second-order valence-corrected chi connectivity index (χ2v) is 8.39. The van der Waals surface area contributed by atoms with Gasteiger partial charge in [-0.3, -0.25) is 4.98 Å². The highest BCUT2D eigenvalue weighted by Gasteiger charge is 2.41. The van der Waals surface area contributed by atoms with Gasteiger partial charge in [-0.25, -0.2) is 9.67 Å². The van der Waals surface area contributed by atoms with E-state index in [4.69, 9.17) is 17.9 Å². The molecule has 0 N–H and O–H groups in total. The van der Waals surface area contributed by atoms with Gasteiger partial charge < -0.3 is 0 Å². The van der Waals surface area contributed by atoms with E-state index in [1.54, 1.807) is 6.07 Å². The minimum Gasteiger partial charge on any atom is -0.263 e. The Balaban J connectivity index is 1.78. The number of fused-ring (bicyclic) bond motifs is 1. The van der Waals surface area contributed by atoms with Crippen LogP contribution in [-0.2, 0) is 5.54 Å². The summed E-state index contributed by atoms with van der Waals surface area (Å²) in [5.74, 6) is 0. The van der Waals surface area contributed by atoms with Crippen molar-refractivity contribution < 1.29 is 0 Å². The minimum absolute atomic E-state index is 0.453. The topological polar surface area (TPSA) is 43.6 Å². The Morgan fingerprint density at radius 2 is 1.17 bits per heavy atom. The lowest BCUT2D eigenvalue weighted by Gasteiger charge is -2.36. The molecule has 6 rings (SSSR count). The van der Waals surface area contributed by atoms with Gasteiger partial charge in [-0.2, -0.15) is 5.10 Å². The van der Waals surface area contributed by atoms with Crippen LogP contribution in [0.3, 0.4) is 0 Å². The van der Waals surface area contributed by atoms with Gasteiger partial charge in [0.2, 0.25) is 0 Å². The van der Waals surface area contributed by atoms with Crippen molar-refractivity contribution in [2.45, 2.75) is 5.54 Å². The molecule has 0 aliphatic carbocycles. The summed E-state index contributed by atoms with van der Waals surface area (Å²) in [5.41, 5.74) is 5.16. The second-order valence-electron chi connectivity index (χ2n) is 8.39. The SMILES string of the molecule is [B]c1cccc(-c2nn(C(c3ccccc3)(c3ccccc3)c3ccccc3)c3ncccc23)n1.